The van der Waals surface area contributed by atoms with Crippen LogP contribution in [0, 0.1) is 13.8 Å². The quantitative estimate of drug-likeness (QED) is 0.401. The molecule has 8 nitrogen and oxygen atoms in total. The van der Waals surface area contributed by atoms with Crippen molar-refractivity contribution in [2.24, 2.45) is 0 Å². The zero-order chi connectivity index (χ0) is 25.0. The van der Waals surface area contributed by atoms with Crippen LogP contribution in [0.5, 0.6) is 0 Å². The van der Waals surface area contributed by atoms with E-state index in [1.54, 1.807) is 0 Å². The zero-order valence-corrected chi connectivity index (χ0v) is 19.8. The molecule has 0 N–H and O–H groups in total. The number of ether oxygens (including phenoxy) is 1. The summed E-state index contributed by atoms with van der Waals surface area (Å²) in [7, 11) is 0. The molecule has 11 heteroatoms. The number of halogens is 3. The molecule has 4 aromatic rings. The lowest BCUT2D eigenvalue weighted by Gasteiger charge is -2.33. The number of aryl methyl sites for hydroxylation is 2. The topological polar surface area (TPSA) is 81.9 Å². The molecule has 36 heavy (non-hydrogen) atoms. The molecule has 0 aromatic carbocycles. The smallest absolute Gasteiger partial charge is 0.370 e. The number of nitrogens with zero attached hydrogens (tertiary/aromatic N) is 7. The summed E-state index contributed by atoms with van der Waals surface area (Å²) < 4.78 is 47.3. The first-order chi connectivity index (χ1) is 17.3. The lowest BCUT2D eigenvalue weighted by Crippen LogP contribution is -2.38. The Balaban J connectivity index is 1.38. The normalized spacial score (nSPS) is 18.7. The molecule has 1 saturated heterocycles. The summed E-state index contributed by atoms with van der Waals surface area (Å²) in [6.07, 6.45) is 2.74. The second kappa shape index (κ2) is 8.51. The summed E-state index contributed by atoms with van der Waals surface area (Å²) in [5, 5.41) is 4.49. The van der Waals surface area contributed by atoms with Crippen LogP contribution in [0.1, 0.15) is 47.6 Å². The van der Waals surface area contributed by atoms with E-state index in [0.29, 0.717) is 53.8 Å². The van der Waals surface area contributed by atoms with Crippen molar-refractivity contribution in [1.29, 1.82) is 0 Å². The standard InChI is InChI=1S/C25H24F3N7O/c1-14-15(2)32-24-19(31-14)9-22(33-23(24)16-3-6-21(29-10-16)25(26,27)28)34-7-8-36-20(13-34)17-11-30-35(12-17)18-4-5-18/h3,6,9-12,18,20H,4-5,7-8,13H2,1-2H3/t20-/m0/s1. The van der Waals surface area contributed by atoms with E-state index in [4.69, 9.17) is 14.7 Å². The Kier molecular flexibility index (Phi) is 5.40. The van der Waals surface area contributed by atoms with Crippen molar-refractivity contribution in [3.63, 3.8) is 0 Å². The van der Waals surface area contributed by atoms with E-state index < -0.39 is 11.9 Å². The summed E-state index contributed by atoms with van der Waals surface area (Å²) in [6, 6.07) is 4.72. The van der Waals surface area contributed by atoms with Crippen LogP contribution < -0.4 is 4.90 Å². The molecule has 0 spiro atoms. The predicted molar refractivity (Wildman–Crippen MR) is 126 cm³/mol. The number of morpholine rings is 1. The van der Waals surface area contributed by atoms with Gasteiger partial charge in [0, 0.05) is 42.7 Å². The molecule has 186 valence electrons. The van der Waals surface area contributed by atoms with Gasteiger partial charge in [0.25, 0.3) is 0 Å². The van der Waals surface area contributed by atoms with Crippen molar-refractivity contribution in [3.8, 4) is 11.3 Å². The summed E-state index contributed by atoms with van der Waals surface area (Å²) in [4.78, 5) is 20.0. The fourth-order valence-corrected chi connectivity index (χ4v) is 4.40. The van der Waals surface area contributed by atoms with Crippen molar-refractivity contribution in [2.45, 2.75) is 45.0 Å². The van der Waals surface area contributed by atoms with E-state index in [1.807, 2.05) is 30.8 Å². The first-order valence-corrected chi connectivity index (χ1v) is 11.9. The molecule has 0 amide bonds. The van der Waals surface area contributed by atoms with E-state index in [1.165, 1.54) is 12.3 Å². The van der Waals surface area contributed by atoms with Gasteiger partial charge in [-0.1, -0.05) is 0 Å². The number of hydrogen-bond donors (Lipinski definition) is 0. The average molecular weight is 496 g/mol. The lowest BCUT2D eigenvalue weighted by atomic mass is 10.1. The van der Waals surface area contributed by atoms with Gasteiger partial charge in [0.15, 0.2) is 0 Å². The highest BCUT2D eigenvalue weighted by atomic mass is 19.4. The minimum absolute atomic E-state index is 0.161. The van der Waals surface area contributed by atoms with Gasteiger partial charge in [-0.05, 0) is 38.8 Å². The van der Waals surface area contributed by atoms with E-state index in [9.17, 15) is 13.2 Å². The van der Waals surface area contributed by atoms with Gasteiger partial charge < -0.3 is 9.64 Å². The molecule has 6 rings (SSSR count). The van der Waals surface area contributed by atoms with Gasteiger partial charge >= 0.3 is 6.18 Å². The lowest BCUT2D eigenvalue weighted by molar-refractivity contribution is -0.141. The van der Waals surface area contributed by atoms with Crippen LogP contribution in [-0.2, 0) is 10.9 Å². The number of alkyl halides is 3. The Morgan fingerprint density at radius 3 is 2.56 bits per heavy atom. The molecule has 0 unspecified atom stereocenters. The minimum atomic E-state index is -4.51. The maximum absolute atomic E-state index is 13.1. The Hall–Kier alpha value is -3.60. The van der Waals surface area contributed by atoms with Crippen molar-refractivity contribution < 1.29 is 17.9 Å². The van der Waals surface area contributed by atoms with Gasteiger partial charge in [0.2, 0.25) is 0 Å². The molecule has 0 radical (unpaired) electrons. The summed E-state index contributed by atoms with van der Waals surface area (Å²) in [5.41, 5.74) is 3.63. The molecule has 1 atom stereocenters. The zero-order valence-electron chi connectivity index (χ0n) is 19.8. The Morgan fingerprint density at radius 1 is 1.03 bits per heavy atom. The second-order valence-electron chi connectivity index (χ2n) is 9.31. The monoisotopic (exact) mass is 495 g/mol. The molecule has 5 heterocycles. The number of fused-ring (bicyclic) bond motifs is 1. The van der Waals surface area contributed by atoms with Crippen molar-refractivity contribution in [3.05, 3.63) is 59.4 Å². The number of aromatic nitrogens is 6. The van der Waals surface area contributed by atoms with Crippen molar-refractivity contribution in [1.82, 2.24) is 29.7 Å². The highest BCUT2D eigenvalue weighted by Crippen LogP contribution is 2.36. The van der Waals surface area contributed by atoms with Gasteiger partial charge in [-0.15, -0.1) is 0 Å². The van der Waals surface area contributed by atoms with Crippen LogP contribution in [0.25, 0.3) is 22.3 Å². The van der Waals surface area contributed by atoms with Crippen LogP contribution in [0.4, 0.5) is 19.0 Å². The first-order valence-electron chi connectivity index (χ1n) is 11.9. The molecule has 2 aliphatic rings. The third kappa shape index (κ3) is 4.27. The Morgan fingerprint density at radius 2 is 1.83 bits per heavy atom. The fourth-order valence-electron chi connectivity index (χ4n) is 4.40. The number of hydrogen-bond acceptors (Lipinski definition) is 7. The first kappa shape index (κ1) is 22.8. The molecule has 1 aliphatic carbocycles. The summed E-state index contributed by atoms with van der Waals surface area (Å²) >= 11 is 0. The van der Waals surface area contributed by atoms with Crippen molar-refractivity contribution >= 4 is 16.9 Å². The number of rotatable bonds is 4. The largest absolute Gasteiger partial charge is 0.433 e. The van der Waals surface area contributed by atoms with Crippen LogP contribution in [0.3, 0.4) is 0 Å². The highest BCUT2D eigenvalue weighted by molar-refractivity contribution is 5.91. The van der Waals surface area contributed by atoms with Crippen LogP contribution in [0.15, 0.2) is 36.8 Å². The predicted octanol–water partition coefficient (Wildman–Crippen LogP) is 4.83. The Labute approximate surface area is 205 Å². The maximum atomic E-state index is 13.1. The third-order valence-corrected chi connectivity index (χ3v) is 6.68. The maximum Gasteiger partial charge on any atom is 0.433 e. The van der Waals surface area contributed by atoms with E-state index in [0.717, 1.165) is 35.9 Å². The minimum Gasteiger partial charge on any atom is -0.370 e. The van der Waals surface area contributed by atoms with Crippen LogP contribution >= 0.6 is 0 Å². The van der Waals surface area contributed by atoms with Crippen LogP contribution in [-0.4, -0.2) is 49.4 Å². The molecule has 4 aromatic heterocycles. The second-order valence-corrected chi connectivity index (χ2v) is 9.31. The van der Waals surface area contributed by atoms with Gasteiger partial charge in [-0.3, -0.25) is 9.67 Å². The average Bonchev–Trinajstić information content (AvgIpc) is 3.60. The summed E-state index contributed by atoms with van der Waals surface area (Å²) in [5.74, 6) is 0.665. The number of pyridine rings is 2. The van der Waals surface area contributed by atoms with E-state index in [-0.39, 0.29) is 6.10 Å². The summed E-state index contributed by atoms with van der Waals surface area (Å²) in [6.45, 7) is 5.42. The third-order valence-electron chi connectivity index (χ3n) is 6.68. The molecule has 0 bridgehead atoms. The molecular weight excluding hydrogens is 471 g/mol. The highest BCUT2D eigenvalue weighted by Gasteiger charge is 2.32. The van der Waals surface area contributed by atoms with E-state index >= 15 is 0 Å². The van der Waals surface area contributed by atoms with E-state index in [2.05, 4.69) is 26.2 Å². The Bertz CT molecular complexity index is 1430. The molecule has 1 aliphatic heterocycles. The van der Waals surface area contributed by atoms with Gasteiger partial charge in [0.05, 0.1) is 35.8 Å². The number of anilines is 1. The van der Waals surface area contributed by atoms with Gasteiger partial charge in [0.1, 0.15) is 28.8 Å². The van der Waals surface area contributed by atoms with Gasteiger partial charge in [-0.25, -0.2) is 15.0 Å². The van der Waals surface area contributed by atoms with Crippen LogP contribution in [0.2, 0.25) is 0 Å². The molecular formula is C25H24F3N7O. The van der Waals surface area contributed by atoms with Gasteiger partial charge in [-0.2, -0.15) is 18.3 Å². The molecule has 1 saturated carbocycles. The fraction of sp³-hybridized carbons (Fsp3) is 0.400. The van der Waals surface area contributed by atoms with Crippen molar-refractivity contribution in [2.75, 3.05) is 24.6 Å². The SMILES string of the molecule is Cc1nc2cc(N3CCO[C@H](c4cnn(C5CC5)c4)C3)nc(-c3ccc(C(F)(F)F)nc3)c2nc1C. The molecule has 2 fully saturated rings.